The van der Waals surface area contributed by atoms with Gasteiger partial charge in [-0.3, -0.25) is 9.69 Å². The summed E-state index contributed by atoms with van der Waals surface area (Å²) in [6.07, 6.45) is 3.48. The Hall–Kier alpha value is -1.36. The molecule has 0 aliphatic carbocycles. The van der Waals surface area contributed by atoms with Crippen molar-refractivity contribution < 1.29 is 14.1 Å². The summed E-state index contributed by atoms with van der Waals surface area (Å²) >= 11 is 0. The number of carbonyl (C=O) groups is 1. The Labute approximate surface area is 107 Å². The van der Waals surface area contributed by atoms with E-state index in [1.807, 2.05) is 26.8 Å². The average molecular weight is 252 g/mol. The fourth-order valence-corrected chi connectivity index (χ4v) is 2.18. The molecule has 0 aromatic carbocycles. The first-order valence-corrected chi connectivity index (χ1v) is 6.32. The smallest absolute Gasteiger partial charge is 0.323 e. The zero-order valence-corrected chi connectivity index (χ0v) is 11.2. The quantitative estimate of drug-likeness (QED) is 0.770. The highest BCUT2D eigenvalue weighted by Crippen LogP contribution is 2.22. The van der Waals surface area contributed by atoms with Gasteiger partial charge in [0, 0.05) is 6.07 Å². The number of esters is 1. The number of carbonyl (C=O) groups excluding carboxylic acids is 1. The monoisotopic (exact) mass is 252 g/mol. The first-order chi connectivity index (χ1) is 8.46. The maximum absolute atomic E-state index is 12.1. The molecule has 5 heteroatoms. The van der Waals surface area contributed by atoms with E-state index in [0.29, 0.717) is 6.54 Å². The summed E-state index contributed by atoms with van der Waals surface area (Å²) in [6, 6.07) is 1.67. The zero-order chi connectivity index (χ0) is 13.2. The Morgan fingerprint density at radius 3 is 3.00 bits per heavy atom. The average Bonchev–Trinajstić information content (AvgIpc) is 2.86. The van der Waals surface area contributed by atoms with Crippen LogP contribution in [0, 0.1) is 0 Å². The van der Waals surface area contributed by atoms with E-state index in [1.54, 1.807) is 6.20 Å². The standard InChI is InChI=1S/C13H20N2O3/c1-13(2,3)17-12(16)11-5-4-8-15(11)9-10-6-7-14-18-10/h6-7,11H,4-5,8-9H2,1-3H3/t11-/m0/s1. The molecular formula is C13H20N2O3. The second-order valence-electron chi connectivity index (χ2n) is 5.64. The molecule has 1 fully saturated rings. The predicted molar refractivity (Wildman–Crippen MR) is 65.8 cm³/mol. The SMILES string of the molecule is CC(C)(C)OC(=O)[C@@H]1CCCN1Cc1ccno1. The maximum atomic E-state index is 12.1. The Bertz CT molecular complexity index is 395. The van der Waals surface area contributed by atoms with Crippen LogP contribution in [0.15, 0.2) is 16.8 Å². The molecule has 0 radical (unpaired) electrons. The topological polar surface area (TPSA) is 55.6 Å². The summed E-state index contributed by atoms with van der Waals surface area (Å²) in [5.41, 5.74) is -0.433. The lowest BCUT2D eigenvalue weighted by atomic mass is 10.1. The van der Waals surface area contributed by atoms with Gasteiger partial charge in [-0.15, -0.1) is 0 Å². The Morgan fingerprint density at radius 2 is 2.39 bits per heavy atom. The number of nitrogens with zero attached hydrogens (tertiary/aromatic N) is 2. The van der Waals surface area contributed by atoms with E-state index in [0.717, 1.165) is 25.1 Å². The lowest BCUT2D eigenvalue weighted by Gasteiger charge is -2.26. The second kappa shape index (κ2) is 5.10. The molecule has 2 rings (SSSR count). The van der Waals surface area contributed by atoms with E-state index in [-0.39, 0.29) is 12.0 Å². The molecule has 0 bridgehead atoms. The van der Waals surface area contributed by atoms with Gasteiger partial charge in [0.25, 0.3) is 0 Å². The van der Waals surface area contributed by atoms with Crippen LogP contribution in [0.1, 0.15) is 39.4 Å². The van der Waals surface area contributed by atoms with Gasteiger partial charge in [-0.2, -0.15) is 0 Å². The van der Waals surface area contributed by atoms with Gasteiger partial charge in [0.15, 0.2) is 5.76 Å². The van der Waals surface area contributed by atoms with Crippen molar-refractivity contribution in [3.63, 3.8) is 0 Å². The van der Waals surface area contributed by atoms with Gasteiger partial charge in [0.05, 0.1) is 12.7 Å². The molecule has 0 N–H and O–H groups in total. The highest BCUT2D eigenvalue weighted by molar-refractivity contribution is 5.76. The number of aromatic nitrogens is 1. The van der Waals surface area contributed by atoms with Crippen molar-refractivity contribution in [3.8, 4) is 0 Å². The second-order valence-corrected chi connectivity index (χ2v) is 5.64. The van der Waals surface area contributed by atoms with E-state index >= 15 is 0 Å². The zero-order valence-electron chi connectivity index (χ0n) is 11.2. The van der Waals surface area contributed by atoms with Crippen LogP contribution < -0.4 is 0 Å². The Morgan fingerprint density at radius 1 is 1.61 bits per heavy atom. The third kappa shape index (κ3) is 3.32. The minimum Gasteiger partial charge on any atom is -0.459 e. The van der Waals surface area contributed by atoms with Crippen LogP contribution in [0.25, 0.3) is 0 Å². The molecule has 1 atom stereocenters. The highest BCUT2D eigenvalue weighted by atomic mass is 16.6. The molecule has 5 nitrogen and oxygen atoms in total. The van der Waals surface area contributed by atoms with E-state index in [9.17, 15) is 4.79 Å². The number of likely N-dealkylation sites (tertiary alicyclic amines) is 1. The third-order valence-corrected chi connectivity index (χ3v) is 2.89. The molecule has 1 aliphatic heterocycles. The number of hydrogen-bond donors (Lipinski definition) is 0. The molecule has 0 amide bonds. The molecule has 1 aromatic heterocycles. The van der Waals surface area contributed by atoms with Crippen molar-refractivity contribution in [2.45, 2.75) is 51.8 Å². The lowest BCUT2D eigenvalue weighted by Crippen LogP contribution is -2.40. The molecular weight excluding hydrogens is 232 g/mol. The molecule has 0 saturated carbocycles. The molecule has 0 unspecified atom stereocenters. The van der Waals surface area contributed by atoms with Gasteiger partial charge in [0.2, 0.25) is 0 Å². The summed E-state index contributed by atoms with van der Waals surface area (Å²) in [5.74, 6) is 0.643. The number of hydrogen-bond acceptors (Lipinski definition) is 5. The van der Waals surface area contributed by atoms with Gasteiger partial charge in [-0.05, 0) is 40.2 Å². The molecule has 100 valence electrons. The van der Waals surface area contributed by atoms with Crippen molar-refractivity contribution in [3.05, 3.63) is 18.0 Å². The summed E-state index contributed by atoms with van der Waals surface area (Å²) in [7, 11) is 0. The van der Waals surface area contributed by atoms with Crippen molar-refractivity contribution in [1.82, 2.24) is 10.1 Å². The van der Waals surface area contributed by atoms with Crippen LogP contribution >= 0.6 is 0 Å². The predicted octanol–water partition coefficient (Wildman–Crippen LogP) is 1.98. The Kier molecular flexibility index (Phi) is 3.71. The minimum atomic E-state index is -0.433. The lowest BCUT2D eigenvalue weighted by molar-refractivity contribution is -0.160. The van der Waals surface area contributed by atoms with Crippen molar-refractivity contribution >= 4 is 5.97 Å². The molecule has 1 aliphatic rings. The molecule has 1 aromatic rings. The fourth-order valence-electron chi connectivity index (χ4n) is 2.18. The van der Waals surface area contributed by atoms with Crippen molar-refractivity contribution in [2.75, 3.05) is 6.54 Å². The fraction of sp³-hybridized carbons (Fsp3) is 0.692. The van der Waals surface area contributed by atoms with Crippen LogP contribution in [-0.2, 0) is 16.1 Å². The summed E-state index contributed by atoms with van der Waals surface area (Å²) in [6.45, 7) is 7.18. The molecule has 1 saturated heterocycles. The highest BCUT2D eigenvalue weighted by Gasteiger charge is 2.34. The van der Waals surface area contributed by atoms with Gasteiger partial charge in [-0.1, -0.05) is 5.16 Å². The van der Waals surface area contributed by atoms with E-state index in [1.165, 1.54) is 0 Å². The van der Waals surface area contributed by atoms with Crippen molar-refractivity contribution in [1.29, 1.82) is 0 Å². The van der Waals surface area contributed by atoms with Gasteiger partial charge >= 0.3 is 5.97 Å². The summed E-state index contributed by atoms with van der Waals surface area (Å²) in [4.78, 5) is 14.2. The largest absolute Gasteiger partial charge is 0.459 e. The first kappa shape index (κ1) is 13.1. The van der Waals surface area contributed by atoms with Crippen molar-refractivity contribution in [2.24, 2.45) is 0 Å². The van der Waals surface area contributed by atoms with Crippen LogP contribution in [0.4, 0.5) is 0 Å². The van der Waals surface area contributed by atoms with Crippen LogP contribution in [0.5, 0.6) is 0 Å². The number of rotatable bonds is 3. The molecule has 0 spiro atoms. The summed E-state index contributed by atoms with van der Waals surface area (Å²) in [5, 5.41) is 3.68. The minimum absolute atomic E-state index is 0.139. The maximum Gasteiger partial charge on any atom is 0.323 e. The van der Waals surface area contributed by atoms with E-state index in [4.69, 9.17) is 9.26 Å². The van der Waals surface area contributed by atoms with Crippen LogP contribution in [0.3, 0.4) is 0 Å². The van der Waals surface area contributed by atoms with Crippen LogP contribution in [-0.4, -0.2) is 34.2 Å². The van der Waals surface area contributed by atoms with Gasteiger partial charge in [0.1, 0.15) is 11.6 Å². The molecule has 2 heterocycles. The van der Waals surface area contributed by atoms with E-state index < -0.39 is 5.60 Å². The van der Waals surface area contributed by atoms with Gasteiger partial charge in [-0.25, -0.2) is 0 Å². The normalized spacial score (nSPS) is 21.2. The summed E-state index contributed by atoms with van der Waals surface area (Å²) < 4.78 is 10.5. The first-order valence-electron chi connectivity index (χ1n) is 6.32. The third-order valence-electron chi connectivity index (χ3n) is 2.89. The Balaban J connectivity index is 1.97. The molecule has 18 heavy (non-hydrogen) atoms. The van der Waals surface area contributed by atoms with E-state index in [2.05, 4.69) is 10.1 Å². The van der Waals surface area contributed by atoms with Crippen LogP contribution in [0.2, 0.25) is 0 Å². The number of ether oxygens (including phenoxy) is 1. The van der Waals surface area contributed by atoms with Gasteiger partial charge < -0.3 is 9.26 Å².